The van der Waals surface area contributed by atoms with E-state index >= 15 is 0 Å². The van der Waals surface area contributed by atoms with Gasteiger partial charge in [-0.3, -0.25) is 4.79 Å². The molecule has 1 aliphatic rings. The van der Waals surface area contributed by atoms with Crippen LogP contribution in [-0.4, -0.2) is 87.5 Å². The molecule has 1 amide bonds. The second kappa shape index (κ2) is 37.0. The Morgan fingerprint density at radius 1 is 0.600 bits per heavy atom. The SMILES string of the molecule is CCCCCCCCCCC/C=C/CC/C=C/C(O)C(COC1OC(CO)C(O)C(O)C1O)NC(=O)CCCCCCCCCCCCCCCCCCC. The van der Waals surface area contributed by atoms with Crippen LogP contribution in [0.25, 0.3) is 0 Å². The third-order valence-electron chi connectivity index (χ3n) is 11.0. The lowest BCUT2D eigenvalue weighted by Gasteiger charge is -2.40. The summed E-state index contributed by atoms with van der Waals surface area (Å²) in [6, 6.07) is -0.816. The molecule has 7 unspecified atom stereocenters. The van der Waals surface area contributed by atoms with E-state index < -0.39 is 49.5 Å². The molecule has 9 heteroatoms. The highest BCUT2D eigenvalue weighted by atomic mass is 16.7. The van der Waals surface area contributed by atoms with Crippen molar-refractivity contribution in [3.63, 3.8) is 0 Å². The Morgan fingerprint density at radius 3 is 1.53 bits per heavy atom. The van der Waals surface area contributed by atoms with Crippen LogP contribution in [0.1, 0.15) is 206 Å². The third-order valence-corrected chi connectivity index (χ3v) is 11.0. The first-order chi connectivity index (χ1) is 26.8. The van der Waals surface area contributed by atoms with Gasteiger partial charge in [-0.1, -0.05) is 192 Å². The van der Waals surface area contributed by atoms with Crippen LogP contribution in [-0.2, 0) is 14.3 Å². The zero-order valence-corrected chi connectivity index (χ0v) is 35.4. The number of hydrogen-bond donors (Lipinski definition) is 6. The maximum Gasteiger partial charge on any atom is 0.220 e. The minimum atomic E-state index is -1.57. The van der Waals surface area contributed by atoms with Gasteiger partial charge in [0.05, 0.1) is 25.4 Å². The van der Waals surface area contributed by atoms with Crippen molar-refractivity contribution in [2.45, 2.75) is 249 Å². The van der Waals surface area contributed by atoms with E-state index in [4.69, 9.17) is 9.47 Å². The molecule has 9 nitrogen and oxygen atoms in total. The van der Waals surface area contributed by atoms with Crippen molar-refractivity contribution >= 4 is 5.91 Å². The van der Waals surface area contributed by atoms with E-state index in [0.717, 1.165) is 38.5 Å². The lowest BCUT2D eigenvalue weighted by atomic mass is 9.99. The van der Waals surface area contributed by atoms with Crippen LogP contribution in [0, 0.1) is 0 Å². The van der Waals surface area contributed by atoms with E-state index in [0.29, 0.717) is 6.42 Å². The van der Waals surface area contributed by atoms with Crippen molar-refractivity contribution < 1.29 is 39.8 Å². The molecule has 6 N–H and O–H groups in total. The molecule has 0 spiro atoms. The largest absolute Gasteiger partial charge is 0.394 e. The number of aliphatic hydroxyl groups is 5. The second-order valence-electron chi connectivity index (χ2n) is 16.2. The Labute approximate surface area is 337 Å². The average molecular weight is 782 g/mol. The summed E-state index contributed by atoms with van der Waals surface area (Å²) in [5, 5.41) is 54.1. The first kappa shape index (κ1) is 51.7. The van der Waals surface area contributed by atoms with E-state index in [1.807, 2.05) is 6.08 Å². The highest BCUT2D eigenvalue weighted by Crippen LogP contribution is 2.22. The van der Waals surface area contributed by atoms with Crippen molar-refractivity contribution in [3.05, 3.63) is 24.3 Å². The summed E-state index contributed by atoms with van der Waals surface area (Å²) in [5.74, 6) is -0.185. The van der Waals surface area contributed by atoms with Crippen molar-refractivity contribution in [1.82, 2.24) is 5.32 Å². The molecule has 0 aromatic rings. The molecule has 0 aromatic carbocycles. The fourth-order valence-corrected chi connectivity index (χ4v) is 7.29. The molecular formula is C46H87NO8. The Kier molecular flexibility index (Phi) is 34.7. The number of rotatable bonds is 38. The van der Waals surface area contributed by atoms with Crippen molar-refractivity contribution in [1.29, 1.82) is 0 Å². The van der Waals surface area contributed by atoms with Crippen LogP contribution in [0.5, 0.6) is 0 Å². The molecule has 7 atom stereocenters. The zero-order chi connectivity index (χ0) is 40.2. The Bertz CT molecular complexity index is 914. The second-order valence-corrected chi connectivity index (χ2v) is 16.2. The smallest absolute Gasteiger partial charge is 0.220 e. The summed E-state index contributed by atoms with van der Waals surface area (Å²) < 4.78 is 11.2. The van der Waals surface area contributed by atoms with Crippen LogP contribution in [0.4, 0.5) is 0 Å². The number of allylic oxidation sites excluding steroid dienone is 3. The van der Waals surface area contributed by atoms with Gasteiger partial charge in [-0.15, -0.1) is 0 Å². The molecule has 1 saturated heterocycles. The molecule has 0 bridgehead atoms. The molecule has 1 aliphatic heterocycles. The Balaban J connectivity index is 2.37. The summed E-state index contributed by atoms with van der Waals surface area (Å²) in [6.07, 6.45) is 36.5. The molecular weight excluding hydrogens is 695 g/mol. The molecule has 1 heterocycles. The summed E-state index contributed by atoms with van der Waals surface area (Å²) >= 11 is 0. The monoisotopic (exact) mass is 782 g/mol. The fraction of sp³-hybridized carbons (Fsp3) is 0.891. The lowest BCUT2D eigenvalue weighted by Crippen LogP contribution is -2.60. The highest BCUT2D eigenvalue weighted by molar-refractivity contribution is 5.76. The summed E-state index contributed by atoms with van der Waals surface area (Å²) in [4.78, 5) is 12.9. The van der Waals surface area contributed by atoms with Crippen LogP contribution >= 0.6 is 0 Å². The fourth-order valence-electron chi connectivity index (χ4n) is 7.29. The molecule has 55 heavy (non-hydrogen) atoms. The van der Waals surface area contributed by atoms with Crippen LogP contribution in [0.15, 0.2) is 24.3 Å². The molecule has 0 aromatic heterocycles. The number of amides is 1. The van der Waals surface area contributed by atoms with Gasteiger partial charge in [-0.25, -0.2) is 0 Å². The van der Waals surface area contributed by atoms with Gasteiger partial charge in [0.25, 0.3) is 0 Å². The van der Waals surface area contributed by atoms with Gasteiger partial charge in [-0.2, -0.15) is 0 Å². The maximum atomic E-state index is 12.9. The number of nitrogens with one attached hydrogen (secondary N) is 1. The maximum absolute atomic E-state index is 12.9. The first-order valence-corrected chi connectivity index (χ1v) is 23.1. The Hall–Kier alpha value is -1.33. The van der Waals surface area contributed by atoms with E-state index in [9.17, 15) is 30.3 Å². The number of carbonyl (C=O) groups excluding carboxylic acids is 1. The number of unbranched alkanes of at least 4 members (excludes halogenated alkanes) is 26. The van der Waals surface area contributed by atoms with E-state index in [-0.39, 0.29) is 12.5 Å². The number of aliphatic hydroxyl groups excluding tert-OH is 5. The van der Waals surface area contributed by atoms with Gasteiger partial charge in [0.2, 0.25) is 5.91 Å². The molecule has 1 rings (SSSR count). The Morgan fingerprint density at radius 2 is 1.04 bits per heavy atom. The van der Waals surface area contributed by atoms with Gasteiger partial charge >= 0.3 is 0 Å². The van der Waals surface area contributed by atoms with Crippen molar-refractivity contribution in [3.8, 4) is 0 Å². The molecule has 0 aliphatic carbocycles. The van der Waals surface area contributed by atoms with Gasteiger partial charge in [0, 0.05) is 6.42 Å². The molecule has 324 valence electrons. The van der Waals surface area contributed by atoms with Gasteiger partial charge in [0.1, 0.15) is 24.4 Å². The quantitative estimate of drug-likeness (QED) is 0.0268. The standard InChI is InChI=1S/C46H87NO8/c1-3-5-7-9-11-13-15-17-19-20-22-24-26-28-30-32-34-36-42(50)47-39(38-54-46-45(53)44(52)43(51)41(37-48)55-46)40(49)35-33-31-29-27-25-23-21-18-16-14-12-10-8-6-4-2/h25,27,33,35,39-41,43-46,48-49,51-53H,3-24,26,28-32,34,36-38H2,1-2H3,(H,47,50)/b27-25+,35-33+. The number of carbonyl (C=O) groups is 1. The van der Waals surface area contributed by atoms with E-state index in [1.54, 1.807) is 6.08 Å². The highest BCUT2D eigenvalue weighted by Gasteiger charge is 2.44. The van der Waals surface area contributed by atoms with Crippen LogP contribution in [0.2, 0.25) is 0 Å². The number of ether oxygens (including phenoxy) is 2. The lowest BCUT2D eigenvalue weighted by molar-refractivity contribution is -0.302. The minimum absolute atomic E-state index is 0.185. The first-order valence-electron chi connectivity index (χ1n) is 23.1. The summed E-state index contributed by atoms with van der Waals surface area (Å²) in [6.45, 7) is 3.76. The molecule has 0 radical (unpaired) electrons. The predicted molar refractivity (Wildman–Crippen MR) is 226 cm³/mol. The van der Waals surface area contributed by atoms with E-state index in [2.05, 4.69) is 31.3 Å². The van der Waals surface area contributed by atoms with E-state index in [1.165, 1.54) is 148 Å². The topological polar surface area (TPSA) is 149 Å². The predicted octanol–water partition coefficient (Wildman–Crippen LogP) is 9.50. The zero-order valence-electron chi connectivity index (χ0n) is 35.4. The van der Waals surface area contributed by atoms with Gasteiger partial charge in [0.15, 0.2) is 6.29 Å². The summed E-state index contributed by atoms with van der Waals surface area (Å²) in [5.41, 5.74) is 0. The molecule has 0 saturated carbocycles. The minimum Gasteiger partial charge on any atom is -0.394 e. The average Bonchev–Trinajstić information content (AvgIpc) is 3.18. The number of hydrogen-bond acceptors (Lipinski definition) is 8. The third kappa shape index (κ3) is 27.9. The van der Waals surface area contributed by atoms with Crippen LogP contribution < -0.4 is 5.32 Å². The van der Waals surface area contributed by atoms with Crippen molar-refractivity contribution in [2.75, 3.05) is 13.2 Å². The van der Waals surface area contributed by atoms with Gasteiger partial charge < -0.3 is 40.3 Å². The normalized spacial score (nSPS) is 21.5. The molecule has 1 fully saturated rings. The summed E-state index contributed by atoms with van der Waals surface area (Å²) in [7, 11) is 0. The van der Waals surface area contributed by atoms with Crippen LogP contribution in [0.3, 0.4) is 0 Å². The van der Waals surface area contributed by atoms with Gasteiger partial charge in [-0.05, 0) is 32.1 Å². The van der Waals surface area contributed by atoms with Crippen molar-refractivity contribution in [2.24, 2.45) is 0 Å².